The highest BCUT2D eigenvalue weighted by Gasteiger charge is 2.33. The number of ether oxygens (including phenoxy) is 1. The molecule has 0 N–H and O–H groups in total. The highest BCUT2D eigenvalue weighted by atomic mass is 35.5. The molecule has 0 bridgehead atoms. The first-order chi connectivity index (χ1) is 7.45. The van der Waals surface area contributed by atoms with Crippen LogP contribution < -0.4 is 4.74 Å². The summed E-state index contributed by atoms with van der Waals surface area (Å²) in [4.78, 5) is 0. The van der Waals surface area contributed by atoms with E-state index in [1.807, 2.05) is 6.92 Å². The van der Waals surface area contributed by atoms with Crippen molar-refractivity contribution in [2.45, 2.75) is 25.9 Å². The highest BCUT2D eigenvalue weighted by Crippen LogP contribution is 2.36. The molecule has 0 unspecified atom stereocenters. The third kappa shape index (κ3) is 3.59. The van der Waals surface area contributed by atoms with Gasteiger partial charge in [0, 0.05) is 0 Å². The fourth-order valence-electron chi connectivity index (χ4n) is 1.15. The van der Waals surface area contributed by atoms with Crippen molar-refractivity contribution < 1.29 is 17.9 Å². The first kappa shape index (κ1) is 13.2. The van der Waals surface area contributed by atoms with Gasteiger partial charge in [0.15, 0.2) is 0 Å². The zero-order valence-electron chi connectivity index (χ0n) is 8.77. The molecule has 0 aliphatic heterocycles. The molecule has 0 spiro atoms. The minimum Gasteiger partial charge on any atom is -0.494 e. The first-order valence-electron chi connectivity index (χ1n) is 4.94. The van der Waals surface area contributed by atoms with Crippen molar-refractivity contribution in [3.63, 3.8) is 0 Å². The van der Waals surface area contributed by atoms with E-state index in [2.05, 4.69) is 0 Å². The van der Waals surface area contributed by atoms with E-state index in [-0.39, 0.29) is 10.8 Å². The summed E-state index contributed by atoms with van der Waals surface area (Å²) in [5.74, 6) is 0.199. The van der Waals surface area contributed by atoms with Gasteiger partial charge in [0.25, 0.3) is 0 Å². The highest BCUT2D eigenvalue weighted by molar-refractivity contribution is 6.31. The number of alkyl halides is 3. The van der Waals surface area contributed by atoms with Crippen LogP contribution in [0.1, 0.15) is 25.3 Å². The maximum absolute atomic E-state index is 12.5. The molecule has 0 radical (unpaired) electrons. The lowest BCUT2D eigenvalue weighted by molar-refractivity contribution is -0.137. The summed E-state index contributed by atoms with van der Waals surface area (Å²) in [5.41, 5.74) is -0.858. The van der Waals surface area contributed by atoms with Gasteiger partial charge in [-0.3, -0.25) is 0 Å². The Balaban J connectivity index is 2.82. The maximum Gasteiger partial charge on any atom is 0.417 e. The Morgan fingerprint density at radius 1 is 1.31 bits per heavy atom. The second-order valence-corrected chi connectivity index (χ2v) is 3.75. The van der Waals surface area contributed by atoms with Gasteiger partial charge in [-0.15, -0.1) is 0 Å². The van der Waals surface area contributed by atoms with E-state index in [0.29, 0.717) is 6.61 Å². The summed E-state index contributed by atoms with van der Waals surface area (Å²) >= 11 is 5.47. The first-order valence-corrected chi connectivity index (χ1v) is 5.32. The van der Waals surface area contributed by atoms with Crippen LogP contribution in [0.15, 0.2) is 18.2 Å². The van der Waals surface area contributed by atoms with Crippen molar-refractivity contribution >= 4 is 11.6 Å². The summed E-state index contributed by atoms with van der Waals surface area (Å²) in [6.07, 6.45) is -2.70. The Labute approximate surface area is 97.2 Å². The van der Waals surface area contributed by atoms with Crippen molar-refractivity contribution in [2.24, 2.45) is 0 Å². The van der Waals surface area contributed by atoms with E-state index in [1.54, 1.807) is 0 Å². The van der Waals surface area contributed by atoms with Crippen molar-refractivity contribution in [3.05, 3.63) is 28.8 Å². The van der Waals surface area contributed by atoms with Gasteiger partial charge < -0.3 is 4.74 Å². The van der Waals surface area contributed by atoms with Crippen molar-refractivity contribution in [1.82, 2.24) is 0 Å². The molecule has 0 saturated heterocycles. The van der Waals surface area contributed by atoms with Gasteiger partial charge in [-0.25, -0.2) is 0 Å². The number of benzene rings is 1. The summed E-state index contributed by atoms with van der Waals surface area (Å²) in [5, 5.41) is -0.310. The Morgan fingerprint density at radius 3 is 2.56 bits per heavy atom. The fraction of sp³-hybridized carbons (Fsp3) is 0.455. The molecule has 1 aromatic carbocycles. The molecule has 16 heavy (non-hydrogen) atoms. The third-order valence-electron chi connectivity index (χ3n) is 2.01. The molecular weight excluding hydrogens is 241 g/mol. The van der Waals surface area contributed by atoms with Gasteiger partial charge in [0.2, 0.25) is 0 Å². The number of halogens is 4. The Bertz CT molecular complexity index is 350. The Hall–Kier alpha value is -0.900. The Kier molecular flexibility index (Phi) is 4.47. The number of hydrogen-bond acceptors (Lipinski definition) is 1. The predicted octanol–water partition coefficient (Wildman–Crippen LogP) is 4.54. The van der Waals surface area contributed by atoms with Crippen LogP contribution in [-0.4, -0.2) is 6.61 Å². The molecule has 0 atom stereocenters. The number of unbranched alkanes of at least 4 members (excludes halogenated alkanes) is 1. The van der Waals surface area contributed by atoms with E-state index >= 15 is 0 Å². The molecular formula is C11H12ClF3O. The van der Waals surface area contributed by atoms with Gasteiger partial charge in [-0.05, 0) is 24.6 Å². The van der Waals surface area contributed by atoms with Crippen molar-refractivity contribution in [1.29, 1.82) is 0 Å². The van der Waals surface area contributed by atoms with Crippen LogP contribution in [0.2, 0.25) is 5.02 Å². The lowest BCUT2D eigenvalue weighted by Crippen LogP contribution is -2.06. The average Bonchev–Trinajstić information content (AvgIpc) is 2.19. The van der Waals surface area contributed by atoms with Crippen LogP contribution in [0.4, 0.5) is 13.2 Å². The van der Waals surface area contributed by atoms with Gasteiger partial charge >= 0.3 is 6.18 Å². The summed E-state index contributed by atoms with van der Waals surface area (Å²) in [6.45, 7) is 2.39. The molecule has 0 aliphatic rings. The second-order valence-electron chi connectivity index (χ2n) is 3.34. The molecule has 5 heteroatoms. The SMILES string of the molecule is CCCCOc1ccc(Cl)c(C(F)(F)F)c1. The van der Waals surface area contributed by atoms with Crippen LogP contribution in [0.25, 0.3) is 0 Å². The van der Waals surface area contributed by atoms with Crippen LogP contribution in [0.3, 0.4) is 0 Å². The fourth-order valence-corrected chi connectivity index (χ4v) is 1.37. The monoisotopic (exact) mass is 252 g/mol. The molecule has 0 saturated carbocycles. The number of rotatable bonds is 4. The second kappa shape index (κ2) is 5.43. The van der Waals surface area contributed by atoms with Crippen LogP contribution >= 0.6 is 11.6 Å². The van der Waals surface area contributed by atoms with Gasteiger partial charge in [-0.1, -0.05) is 24.9 Å². The van der Waals surface area contributed by atoms with E-state index in [9.17, 15) is 13.2 Å². The van der Waals surface area contributed by atoms with E-state index < -0.39 is 11.7 Å². The van der Waals surface area contributed by atoms with Crippen LogP contribution in [0, 0.1) is 0 Å². The van der Waals surface area contributed by atoms with Gasteiger partial charge in [0.1, 0.15) is 5.75 Å². The summed E-state index contributed by atoms with van der Waals surface area (Å²) in [6, 6.07) is 3.57. The standard InChI is InChI=1S/C11H12ClF3O/c1-2-3-6-16-8-4-5-10(12)9(7-8)11(13,14)15/h4-5,7H,2-3,6H2,1H3. The maximum atomic E-state index is 12.5. The minimum absolute atomic E-state index is 0.199. The largest absolute Gasteiger partial charge is 0.494 e. The zero-order valence-corrected chi connectivity index (χ0v) is 9.53. The average molecular weight is 253 g/mol. The Morgan fingerprint density at radius 2 is 2.00 bits per heavy atom. The van der Waals surface area contributed by atoms with Crippen molar-refractivity contribution in [3.8, 4) is 5.75 Å². The van der Waals surface area contributed by atoms with E-state index in [4.69, 9.17) is 16.3 Å². The lowest BCUT2D eigenvalue weighted by atomic mass is 10.2. The third-order valence-corrected chi connectivity index (χ3v) is 2.34. The van der Waals surface area contributed by atoms with Crippen LogP contribution in [-0.2, 0) is 6.18 Å². The molecule has 0 aromatic heterocycles. The predicted molar refractivity (Wildman–Crippen MR) is 56.9 cm³/mol. The van der Waals surface area contributed by atoms with Crippen molar-refractivity contribution in [2.75, 3.05) is 6.61 Å². The molecule has 0 heterocycles. The molecule has 90 valence electrons. The number of hydrogen-bond donors (Lipinski definition) is 0. The van der Waals surface area contributed by atoms with E-state index in [1.165, 1.54) is 12.1 Å². The molecule has 1 nitrogen and oxygen atoms in total. The summed E-state index contributed by atoms with van der Waals surface area (Å²) in [7, 11) is 0. The molecule has 1 aromatic rings. The molecule has 0 aliphatic carbocycles. The van der Waals surface area contributed by atoms with Crippen LogP contribution in [0.5, 0.6) is 5.75 Å². The molecule has 1 rings (SSSR count). The lowest BCUT2D eigenvalue weighted by Gasteiger charge is -2.11. The zero-order chi connectivity index (χ0) is 12.2. The molecule has 0 amide bonds. The smallest absolute Gasteiger partial charge is 0.417 e. The van der Waals surface area contributed by atoms with Gasteiger partial charge in [-0.2, -0.15) is 13.2 Å². The van der Waals surface area contributed by atoms with Gasteiger partial charge in [0.05, 0.1) is 17.2 Å². The normalized spacial score (nSPS) is 11.6. The van der Waals surface area contributed by atoms with E-state index in [0.717, 1.165) is 18.9 Å². The topological polar surface area (TPSA) is 9.23 Å². The molecule has 0 fully saturated rings. The quantitative estimate of drug-likeness (QED) is 0.715. The minimum atomic E-state index is -4.44. The summed E-state index contributed by atoms with van der Waals surface area (Å²) < 4.78 is 42.6.